The monoisotopic (exact) mass is 450 g/mol. The van der Waals surface area contributed by atoms with Gasteiger partial charge in [-0.2, -0.15) is 0 Å². The van der Waals surface area contributed by atoms with E-state index < -0.39 is 22.5 Å². The Bertz CT molecular complexity index is 779. The third-order valence-electron chi connectivity index (χ3n) is 2.89. The van der Waals surface area contributed by atoms with Gasteiger partial charge in [-0.1, -0.05) is 0 Å². The van der Waals surface area contributed by atoms with Crippen LogP contribution in [0.4, 0.5) is 20.2 Å². The lowest BCUT2D eigenvalue weighted by Crippen LogP contribution is -2.14. The van der Waals surface area contributed by atoms with Gasteiger partial charge in [-0.15, -0.1) is 11.8 Å². The number of hydrogen-bond donors (Lipinski definition) is 1. The molecular weight excluding hydrogens is 441 g/mol. The fraction of sp³-hybridized carbons (Fsp3) is 0.0714. The Labute approximate surface area is 147 Å². The first-order valence-corrected chi connectivity index (χ1v) is 8.42. The molecule has 0 bridgehead atoms. The molecule has 9 heteroatoms. The van der Waals surface area contributed by atoms with Crippen molar-refractivity contribution in [3.05, 3.63) is 61.2 Å². The second kappa shape index (κ2) is 7.21. The number of nitrogens with zero attached hydrogens (tertiary/aromatic N) is 1. The number of nitro groups is 1. The summed E-state index contributed by atoms with van der Waals surface area (Å²) in [5.74, 6) is -2.46. The highest BCUT2D eigenvalue weighted by atomic mass is 127. The average molecular weight is 450 g/mol. The summed E-state index contributed by atoms with van der Waals surface area (Å²) >= 11 is 2.81. The quantitative estimate of drug-likeness (QED) is 0.246. The first-order chi connectivity index (χ1) is 10.8. The van der Waals surface area contributed by atoms with Crippen molar-refractivity contribution < 1.29 is 18.5 Å². The van der Waals surface area contributed by atoms with Gasteiger partial charge in [0.15, 0.2) is 0 Å². The van der Waals surface area contributed by atoms with E-state index in [2.05, 4.69) is 5.32 Å². The van der Waals surface area contributed by atoms with E-state index in [1.165, 1.54) is 52.6 Å². The fourth-order valence-corrected chi connectivity index (χ4v) is 2.56. The van der Waals surface area contributed by atoms with Crippen LogP contribution < -0.4 is 5.32 Å². The van der Waals surface area contributed by atoms with Crippen molar-refractivity contribution in [3.63, 3.8) is 0 Å². The summed E-state index contributed by atoms with van der Waals surface area (Å²) in [5.41, 5.74) is -0.678. The van der Waals surface area contributed by atoms with Crippen LogP contribution in [0.1, 0.15) is 10.4 Å². The van der Waals surface area contributed by atoms with Crippen molar-refractivity contribution in [2.75, 3.05) is 11.6 Å². The Morgan fingerprint density at radius 3 is 2.39 bits per heavy atom. The van der Waals surface area contributed by atoms with Gasteiger partial charge < -0.3 is 5.32 Å². The Hall–Kier alpha value is -1.75. The van der Waals surface area contributed by atoms with Gasteiger partial charge in [0.25, 0.3) is 11.6 Å². The van der Waals surface area contributed by atoms with E-state index in [-0.39, 0.29) is 20.5 Å². The summed E-state index contributed by atoms with van der Waals surface area (Å²) in [7, 11) is 0. The van der Waals surface area contributed by atoms with Gasteiger partial charge in [-0.25, -0.2) is 8.78 Å². The molecule has 2 aromatic rings. The Kier molecular flexibility index (Phi) is 5.52. The van der Waals surface area contributed by atoms with Gasteiger partial charge in [-0.3, -0.25) is 14.9 Å². The summed E-state index contributed by atoms with van der Waals surface area (Å²) < 4.78 is 26.8. The highest BCUT2D eigenvalue weighted by Crippen LogP contribution is 2.26. The minimum absolute atomic E-state index is 0.116. The Balaban J connectivity index is 2.39. The van der Waals surface area contributed by atoms with E-state index in [4.69, 9.17) is 0 Å². The van der Waals surface area contributed by atoms with Crippen LogP contribution in [-0.2, 0) is 0 Å². The zero-order valence-electron chi connectivity index (χ0n) is 11.6. The lowest BCUT2D eigenvalue weighted by atomic mass is 10.1. The average Bonchev–Trinajstić information content (AvgIpc) is 2.51. The van der Waals surface area contributed by atoms with Gasteiger partial charge in [0.2, 0.25) is 0 Å². The molecule has 0 aliphatic carbocycles. The fourth-order valence-electron chi connectivity index (χ4n) is 1.81. The number of thioether (sulfide) groups is 1. The molecule has 0 spiro atoms. The van der Waals surface area contributed by atoms with Gasteiger partial charge >= 0.3 is 0 Å². The zero-order chi connectivity index (χ0) is 17.1. The van der Waals surface area contributed by atoms with Crippen molar-refractivity contribution in [2.45, 2.75) is 4.90 Å². The zero-order valence-corrected chi connectivity index (χ0v) is 14.6. The second-order valence-electron chi connectivity index (χ2n) is 4.35. The van der Waals surface area contributed by atoms with Crippen LogP contribution in [-0.4, -0.2) is 17.1 Å². The van der Waals surface area contributed by atoms with Crippen LogP contribution in [0.15, 0.2) is 35.2 Å². The van der Waals surface area contributed by atoms with Crippen LogP contribution in [0.5, 0.6) is 0 Å². The largest absolute Gasteiger partial charge is 0.322 e. The lowest BCUT2D eigenvalue weighted by Gasteiger charge is -2.08. The van der Waals surface area contributed by atoms with Crippen LogP contribution in [0.25, 0.3) is 0 Å². The van der Waals surface area contributed by atoms with Gasteiger partial charge in [0.05, 0.1) is 8.49 Å². The second-order valence-corrected chi connectivity index (χ2v) is 6.31. The third kappa shape index (κ3) is 3.96. The topological polar surface area (TPSA) is 72.2 Å². The lowest BCUT2D eigenvalue weighted by molar-refractivity contribution is -0.385. The van der Waals surface area contributed by atoms with Gasteiger partial charge in [0, 0.05) is 16.6 Å². The maximum atomic E-state index is 13.5. The normalized spacial score (nSPS) is 10.4. The molecule has 0 saturated heterocycles. The first kappa shape index (κ1) is 17.6. The molecule has 0 aliphatic rings. The van der Waals surface area contributed by atoms with E-state index in [1.807, 2.05) is 0 Å². The van der Waals surface area contributed by atoms with E-state index in [0.717, 1.165) is 12.1 Å². The van der Waals surface area contributed by atoms with E-state index in [1.54, 1.807) is 6.26 Å². The summed E-state index contributed by atoms with van der Waals surface area (Å²) in [5, 5.41) is 13.3. The molecule has 2 rings (SSSR count). The van der Waals surface area contributed by atoms with Crippen LogP contribution in [0.2, 0.25) is 0 Å². The molecule has 0 aromatic heterocycles. The summed E-state index contributed by atoms with van der Waals surface area (Å²) in [4.78, 5) is 23.2. The number of anilines is 1. The van der Waals surface area contributed by atoms with Crippen molar-refractivity contribution in [1.29, 1.82) is 0 Å². The molecule has 1 amide bonds. The molecule has 0 unspecified atom stereocenters. The van der Waals surface area contributed by atoms with Crippen LogP contribution in [0, 0.1) is 25.3 Å². The highest BCUT2D eigenvalue weighted by Gasteiger charge is 2.21. The van der Waals surface area contributed by atoms with Crippen LogP contribution in [0.3, 0.4) is 0 Å². The number of rotatable bonds is 4. The maximum Gasteiger partial charge on any atom is 0.282 e. The van der Waals surface area contributed by atoms with E-state index in [9.17, 15) is 23.7 Å². The van der Waals surface area contributed by atoms with Crippen molar-refractivity contribution in [1.82, 2.24) is 0 Å². The first-order valence-electron chi connectivity index (χ1n) is 6.11. The third-order valence-corrected chi connectivity index (χ3v) is 4.64. The molecular formula is C14H9F2IN2O3S. The molecule has 2 aromatic carbocycles. The van der Waals surface area contributed by atoms with Crippen molar-refractivity contribution in [2.24, 2.45) is 0 Å². The minimum atomic E-state index is -0.826. The van der Waals surface area contributed by atoms with Gasteiger partial charge in [-0.05, 0) is 53.1 Å². The van der Waals surface area contributed by atoms with Gasteiger partial charge in [0.1, 0.15) is 17.2 Å². The van der Waals surface area contributed by atoms with Crippen molar-refractivity contribution in [3.8, 4) is 0 Å². The number of nitro benzene ring substituents is 1. The smallest absolute Gasteiger partial charge is 0.282 e. The predicted molar refractivity (Wildman–Crippen MR) is 91.9 cm³/mol. The molecule has 0 saturated carbocycles. The summed E-state index contributed by atoms with van der Waals surface area (Å²) in [6.07, 6.45) is 1.76. The standard InChI is InChI=1S/C14H9F2IN2O3S/c1-23-8-2-3-12(19(21)22)9(6-8)14(20)18-7-4-10(15)13(17)11(16)5-7/h2-6H,1H3,(H,18,20). The summed E-state index contributed by atoms with van der Waals surface area (Å²) in [6, 6.07) is 6.00. The predicted octanol–water partition coefficient (Wildman–Crippen LogP) is 4.45. The minimum Gasteiger partial charge on any atom is -0.322 e. The molecule has 5 nitrogen and oxygen atoms in total. The molecule has 120 valence electrons. The molecule has 0 aliphatic heterocycles. The van der Waals surface area contributed by atoms with E-state index >= 15 is 0 Å². The summed E-state index contributed by atoms with van der Waals surface area (Å²) in [6.45, 7) is 0. The number of carbonyl (C=O) groups excluding carboxylic acids is 1. The highest BCUT2D eigenvalue weighted by molar-refractivity contribution is 14.1. The number of benzene rings is 2. The van der Waals surface area contributed by atoms with E-state index in [0.29, 0.717) is 4.90 Å². The number of carbonyl (C=O) groups is 1. The molecule has 0 radical (unpaired) electrons. The molecule has 0 heterocycles. The molecule has 1 N–H and O–H groups in total. The Morgan fingerprint density at radius 2 is 1.87 bits per heavy atom. The number of amides is 1. The van der Waals surface area contributed by atoms with Crippen LogP contribution >= 0.6 is 34.4 Å². The van der Waals surface area contributed by atoms with Crippen molar-refractivity contribution >= 4 is 51.6 Å². The number of hydrogen-bond acceptors (Lipinski definition) is 4. The molecule has 0 atom stereocenters. The number of halogens is 3. The number of nitrogens with one attached hydrogen (secondary N) is 1. The Morgan fingerprint density at radius 1 is 1.26 bits per heavy atom. The SMILES string of the molecule is CSc1ccc([N+](=O)[O-])c(C(=O)Nc2cc(F)c(I)c(F)c2)c1. The molecule has 0 fully saturated rings. The molecule has 23 heavy (non-hydrogen) atoms. The maximum absolute atomic E-state index is 13.5.